The fourth-order valence-electron chi connectivity index (χ4n) is 2.27. The number of likely N-dealkylation sites (tertiary alicyclic amines) is 1. The number of carbonyl (C=O) groups excluding carboxylic acids is 1. The van der Waals surface area contributed by atoms with Gasteiger partial charge in [-0.05, 0) is 12.8 Å². The van der Waals surface area contributed by atoms with E-state index in [-0.39, 0.29) is 31.6 Å². The second-order valence-corrected chi connectivity index (χ2v) is 4.55. The van der Waals surface area contributed by atoms with Crippen LogP contribution in [0.4, 0.5) is 8.78 Å². The molecule has 1 aliphatic carbocycles. The van der Waals surface area contributed by atoms with Gasteiger partial charge in [0.1, 0.15) is 0 Å². The lowest BCUT2D eigenvalue weighted by atomic mass is 10.1. The largest absolute Gasteiger partial charge is 0.352 e. The number of nitrogens with one attached hydrogen (secondary N) is 1. The number of hydrogen-bond donors (Lipinski definition) is 1. The normalized spacial score (nSPS) is 26.3. The zero-order valence-corrected chi connectivity index (χ0v) is 8.64. The first kappa shape index (κ1) is 10.8. The maximum Gasteiger partial charge on any atom is 0.272 e. The Labute approximate surface area is 87.8 Å². The van der Waals surface area contributed by atoms with Crippen molar-refractivity contribution in [3.05, 3.63) is 0 Å². The summed E-state index contributed by atoms with van der Waals surface area (Å²) >= 11 is 0. The van der Waals surface area contributed by atoms with Gasteiger partial charge in [-0.3, -0.25) is 9.69 Å². The van der Waals surface area contributed by atoms with Crippen LogP contribution in [-0.4, -0.2) is 42.4 Å². The van der Waals surface area contributed by atoms with E-state index in [1.54, 1.807) is 0 Å². The van der Waals surface area contributed by atoms with Crippen LogP contribution in [0.15, 0.2) is 0 Å². The first-order valence-corrected chi connectivity index (χ1v) is 5.45. The highest BCUT2D eigenvalue weighted by atomic mass is 19.3. The Kier molecular flexibility index (Phi) is 2.91. The van der Waals surface area contributed by atoms with E-state index in [1.807, 2.05) is 0 Å². The van der Waals surface area contributed by atoms with Crippen molar-refractivity contribution in [2.75, 3.05) is 19.6 Å². The average molecular weight is 218 g/mol. The molecule has 0 aromatic rings. The van der Waals surface area contributed by atoms with Crippen molar-refractivity contribution >= 4 is 5.91 Å². The van der Waals surface area contributed by atoms with Crippen molar-refractivity contribution in [1.29, 1.82) is 0 Å². The number of rotatable bonds is 3. The van der Waals surface area contributed by atoms with Gasteiger partial charge in [0.25, 0.3) is 5.92 Å². The fourth-order valence-corrected chi connectivity index (χ4v) is 2.27. The molecule has 15 heavy (non-hydrogen) atoms. The molecule has 0 aromatic carbocycles. The van der Waals surface area contributed by atoms with Crippen LogP contribution in [0.25, 0.3) is 0 Å². The van der Waals surface area contributed by atoms with Crippen LogP contribution < -0.4 is 5.32 Å². The lowest BCUT2D eigenvalue weighted by Gasteiger charge is -2.38. The molecule has 1 saturated heterocycles. The van der Waals surface area contributed by atoms with E-state index in [0.717, 1.165) is 25.7 Å². The molecule has 1 amide bonds. The van der Waals surface area contributed by atoms with E-state index in [0.29, 0.717) is 0 Å². The molecule has 0 radical (unpaired) electrons. The molecule has 1 saturated carbocycles. The Bertz CT molecular complexity index is 244. The summed E-state index contributed by atoms with van der Waals surface area (Å²) in [4.78, 5) is 12.9. The predicted molar refractivity (Wildman–Crippen MR) is 51.8 cm³/mol. The highest BCUT2D eigenvalue weighted by molar-refractivity contribution is 5.78. The first-order valence-electron chi connectivity index (χ1n) is 5.45. The van der Waals surface area contributed by atoms with Gasteiger partial charge in [-0.2, -0.15) is 0 Å². The topological polar surface area (TPSA) is 32.3 Å². The third-order valence-electron chi connectivity index (χ3n) is 3.00. The molecule has 2 fully saturated rings. The highest BCUT2D eigenvalue weighted by Crippen LogP contribution is 2.26. The minimum absolute atomic E-state index is 0.114. The van der Waals surface area contributed by atoms with Crippen molar-refractivity contribution in [3.63, 3.8) is 0 Å². The molecular weight excluding hydrogens is 202 g/mol. The third-order valence-corrected chi connectivity index (χ3v) is 3.00. The number of amides is 1. The van der Waals surface area contributed by atoms with E-state index >= 15 is 0 Å². The zero-order valence-electron chi connectivity index (χ0n) is 8.64. The standard InChI is InChI=1S/C10H16F2N2O/c11-10(12)6-14(7-10)5-9(15)13-8-3-1-2-4-8/h8H,1-7H2,(H,13,15). The van der Waals surface area contributed by atoms with Crippen LogP contribution >= 0.6 is 0 Å². The van der Waals surface area contributed by atoms with Gasteiger partial charge in [0.2, 0.25) is 5.91 Å². The molecule has 0 atom stereocenters. The van der Waals surface area contributed by atoms with E-state index in [1.165, 1.54) is 4.90 Å². The summed E-state index contributed by atoms with van der Waals surface area (Å²) in [6, 6.07) is 0.277. The summed E-state index contributed by atoms with van der Waals surface area (Å²) in [6.07, 6.45) is 4.38. The van der Waals surface area contributed by atoms with Crippen molar-refractivity contribution in [1.82, 2.24) is 10.2 Å². The second kappa shape index (κ2) is 4.04. The number of carbonyl (C=O) groups is 1. The highest BCUT2D eigenvalue weighted by Gasteiger charge is 2.44. The van der Waals surface area contributed by atoms with E-state index in [9.17, 15) is 13.6 Å². The van der Waals surface area contributed by atoms with Gasteiger partial charge in [-0.25, -0.2) is 8.78 Å². The quantitative estimate of drug-likeness (QED) is 0.766. The number of hydrogen-bond acceptors (Lipinski definition) is 2. The summed E-state index contributed by atoms with van der Waals surface area (Å²) in [7, 11) is 0. The van der Waals surface area contributed by atoms with Crippen molar-refractivity contribution < 1.29 is 13.6 Å². The summed E-state index contributed by atoms with van der Waals surface area (Å²) in [5.74, 6) is -2.69. The van der Waals surface area contributed by atoms with E-state index in [2.05, 4.69) is 5.32 Å². The van der Waals surface area contributed by atoms with Crippen LogP contribution in [-0.2, 0) is 4.79 Å². The van der Waals surface area contributed by atoms with Crippen molar-refractivity contribution in [2.24, 2.45) is 0 Å². The summed E-state index contributed by atoms with van der Waals surface area (Å²) in [5, 5.41) is 2.88. The van der Waals surface area contributed by atoms with Crippen molar-refractivity contribution in [3.8, 4) is 0 Å². The van der Waals surface area contributed by atoms with Crippen molar-refractivity contribution in [2.45, 2.75) is 37.6 Å². The predicted octanol–water partition coefficient (Wildman–Crippen LogP) is 0.996. The van der Waals surface area contributed by atoms with Gasteiger partial charge in [-0.1, -0.05) is 12.8 Å². The van der Waals surface area contributed by atoms with E-state index in [4.69, 9.17) is 0 Å². The molecule has 0 aromatic heterocycles. The Hall–Kier alpha value is -0.710. The summed E-state index contributed by atoms with van der Waals surface area (Å²) in [5.41, 5.74) is 0. The molecule has 2 rings (SSSR count). The molecule has 1 heterocycles. The van der Waals surface area contributed by atoms with Gasteiger partial charge >= 0.3 is 0 Å². The molecule has 0 unspecified atom stereocenters. The number of nitrogens with zero attached hydrogens (tertiary/aromatic N) is 1. The molecule has 1 N–H and O–H groups in total. The summed E-state index contributed by atoms with van der Waals surface area (Å²) in [6.45, 7) is -0.428. The zero-order chi connectivity index (χ0) is 10.9. The maximum atomic E-state index is 12.5. The fraction of sp³-hybridized carbons (Fsp3) is 0.900. The van der Waals surface area contributed by atoms with Crippen LogP contribution in [0.2, 0.25) is 0 Å². The minimum atomic E-state index is -2.58. The van der Waals surface area contributed by atoms with Gasteiger partial charge in [0, 0.05) is 6.04 Å². The van der Waals surface area contributed by atoms with Gasteiger partial charge < -0.3 is 5.32 Å². The smallest absolute Gasteiger partial charge is 0.272 e. The molecule has 0 bridgehead atoms. The Balaban J connectivity index is 1.65. The second-order valence-electron chi connectivity index (χ2n) is 4.55. The van der Waals surface area contributed by atoms with Gasteiger partial charge in [-0.15, -0.1) is 0 Å². The molecule has 3 nitrogen and oxygen atoms in total. The molecular formula is C10H16F2N2O. The molecule has 0 spiro atoms. The minimum Gasteiger partial charge on any atom is -0.352 e. The Morgan fingerprint density at radius 1 is 1.33 bits per heavy atom. The van der Waals surface area contributed by atoms with Crippen LogP contribution in [0.1, 0.15) is 25.7 Å². The SMILES string of the molecule is O=C(CN1CC(F)(F)C1)NC1CCCC1. The number of halogens is 2. The lowest BCUT2D eigenvalue weighted by molar-refractivity contribution is -0.144. The maximum absolute atomic E-state index is 12.5. The molecule has 2 aliphatic rings. The molecule has 86 valence electrons. The summed E-state index contributed by atoms with van der Waals surface area (Å²) < 4.78 is 24.9. The molecule has 1 aliphatic heterocycles. The van der Waals surface area contributed by atoms with Crippen LogP contribution in [0.3, 0.4) is 0 Å². The monoisotopic (exact) mass is 218 g/mol. The average Bonchev–Trinajstić information content (AvgIpc) is 2.52. The number of alkyl halides is 2. The molecule has 5 heteroatoms. The Morgan fingerprint density at radius 2 is 1.93 bits per heavy atom. The first-order chi connectivity index (χ1) is 7.05. The van der Waals surface area contributed by atoms with Crippen LogP contribution in [0, 0.1) is 0 Å². The van der Waals surface area contributed by atoms with E-state index < -0.39 is 5.92 Å². The Morgan fingerprint density at radius 3 is 2.47 bits per heavy atom. The van der Waals surface area contributed by atoms with Gasteiger partial charge in [0.15, 0.2) is 0 Å². The third kappa shape index (κ3) is 2.87. The lowest BCUT2D eigenvalue weighted by Crippen LogP contribution is -2.58. The van der Waals surface area contributed by atoms with Crippen LogP contribution in [0.5, 0.6) is 0 Å². The van der Waals surface area contributed by atoms with Gasteiger partial charge in [0.05, 0.1) is 19.6 Å².